The van der Waals surface area contributed by atoms with E-state index < -0.39 is 5.91 Å². The fourth-order valence-corrected chi connectivity index (χ4v) is 2.75. The molecule has 0 radical (unpaired) electrons. The summed E-state index contributed by atoms with van der Waals surface area (Å²) in [7, 11) is 0. The summed E-state index contributed by atoms with van der Waals surface area (Å²) in [4.78, 5) is 23.9. The van der Waals surface area contributed by atoms with Gasteiger partial charge in [0.1, 0.15) is 12.4 Å². The van der Waals surface area contributed by atoms with Gasteiger partial charge in [-0.3, -0.25) is 14.8 Å². The van der Waals surface area contributed by atoms with Crippen LogP contribution in [0.1, 0.15) is 28.4 Å². The molecular formula is C24H22N2O4. The topological polar surface area (TPSA) is 87.7 Å². The van der Waals surface area contributed by atoms with Gasteiger partial charge in [0.15, 0.2) is 0 Å². The van der Waals surface area contributed by atoms with Crippen LogP contribution in [0.2, 0.25) is 0 Å². The second-order valence-electron chi connectivity index (χ2n) is 6.65. The molecule has 6 heteroatoms. The van der Waals surface area contributed by atoms with Gasteiger partial charge in [0.25, 0.3) is 11.8 Å². The van der Waals surface area contributed by atoms with Crippen LogP contribution in [0, 0.1) is 0 Å². The Morgan fingerprint density at radius 2 is 1.70 bits per heavy atom. The van der Waals surface area contributed by atoms with Crippen molar-refractivity contribution in [1.82, 2.24) is 5.48 Å². The lowest BCUT2D eigenvalue weighted by Crippen LogP contribution is -2.18. The summed E-state index contributed by atoms with van der Waals surface area (Å²) in [6.07, 6.45) is 1.71. The number of hydroxylamine groups is 1. The van der Waals surface area contributed by atoms with Gasteiger partial charge in [-0.05, 0) is 48.4 Å². The quantitative estimate of drug-likeness (QED) is 0.310. The molecule has 0 unspecified atom stereocenters. The van der Waals surface area contributed by atoms with Crippen LogP contribution in [-0.4, -0.2) is 17.0 Å². The van der Waals surface area contributed by atoms with Crippen LogP contribution in [0.15, 0.2) is 84.4 Å². The number of amides is 2. The van der Waals surface area contributed by atoms with E-state index in [1.165, 1.54) is 0 Å². The third kappa shape index (κ3) is 5.80. The van der Waals surface area contributed by atoms with E-state index in [4.69, 9.17) is 9.94 Å². The average molecular weight is 402 g/mol. The van der Waals surface area contributed by atoms with Crippen molar-refractivity contribution >= 4 is 23.6 Å². The van der Waals surface area contributed by atoms with Gasteiger partial charge < -0.3 is 10.1 Å². The number of carbonyl (C=O) groups is 2. The molecule has 0 aliphatic rings. The molecule has 3 rings (SSSR count). The molecule has 30 heavy (non-hydrogen) atoms. The second kappa shape index (κ2) is 10.0. The molecule has 0 saturated carbocycles. The predicted molar refractivity (Wildman–Crippen MR) is 115 cm³/mol. The Morgan fingerprint density at radius 1 is 0.967 bits per heavy atom. The lowest BCUT2D eigenvalue weighted by atomic mass is 10.1. The number of hydrogen-bond donors (Lipinski definition) is 3. The lowest BCUT2D eigenvalue weighted by molar-refractivity contribution is -0.112. The summed E-state index contributed by atoms with van der Waals surface area (Å²) >= 11 is 0. The third-order valence-corrected chi connectivity index (χ3v) is 4.36. The molecule has 0 aliphatic heterocycles. The van der Waals surface area contributed by atoms with Gasteiger partial charge in [-0.25, -0.2) is 5.48 Å². The third-order valence-electron chi connectivity index (χ3n) is 4.36. The minimum absolute atomic E-state index is 0.243. The summed E-state index contributed by atoms with van der Waals surface area (Å²) in [5, 5.41) is 11.5. The van der Waals surface area contributed by atoms with Crippen molar-refractivity contribution < 1.29 is 19.5 Å². The van der Waals surface area contributed by atoms with Gasteiger partial charge in [0.2, 0.25) is 0 Å². The van der Waals surface area contributed by atoms with Crippen LogP contribution < -0.4 is 15.5 Å². The molecule has 3 N–H and O–H groups in total. The average Bonchev–Trinajstić information content (AvgIpc) is 2.78. The van der Waals surface area contributed by atoms with E-state index in [1.54, 1.807) is 54.9 Å². The highest BCUT2D eigenvalue weighted by molar-refractivity contribution is 6.06. The molecule has 0 bridgehead atoms. The Labute approximate surface area is 174 Å². The van der Waals surface area contributed by atoms with E-state index in [1.807, 2.05) is 42.5 Å². The normalized spacial score (nSPS) is 10.9. The Hall–Kier alpha value is -3.90. The molecule has 3 aromatic carbocycles. The molecule has 0 saturated heterocycles. The van der Waals surface area contributed by atoms with E-state index in [2.05, 4.69) is 5.32 Å². The number of hydrogen-bond acceptors (Lipinski definition) is 4. The van der Waals surface area contributed by atoms with E-state index in [9.17, 15) is 9.59 Å². The molecule has 0 atom stereocenters. The second-order valence-corrected chi connectivity index (χ2v) is 6.65. The van der Waals surface area contributed by atoms with Crippen molar-refractivity contribution in [1.29, 1.82) is 0 Å². The zero-order chi connectivity index (χ0) is 21.3. The fraction of sp³-hybridized carbons (Fsp3) is 0.0833. The van der Waals surface area contributed by atoms with Crippen LogP contribution in [0.25, 0.3) is 6.08 Å². The van der Waals surface area contributed by atoms with Gasteiger partial charge >= 0.3 is 0 Å². The summed E-state index contributed by atoms with van der Waals surface area (Å²) < 4.78 is 5.79. The molecule has 0 aliphatic carbocycles. The molecule has 0 fully saturated rings. The molecule has 152 valence electrons. The molecule has 0 heterocycles. The first-order valence-corrected chi connectivity index (χ1v) is 9.36. The van der Waals surface area contributed by atoms with Crippen molar-refractivity contribution in [3.63, 3.8) is 0 Å². The number of nitrogens with one attached hydrogen (secondary N) is 2. The SMILES string of the molecule is CC(=Cc1ccc(C(=O)NO)cc1)C(=O)Nc1cccc(OCc2ccccc2)c1. The summed E-state index contributed by atoms with van der Waals surface area (Å²) in [5.41, 5.74) is 4.87. The first-order valence-electron chi connectivity index (χ1n) is 9.36. The standard InChI is InChI=1S/C24H22N2O4/c1-17(14-18-10-12-20(13-11-18)24(28)26-29)23(27)25-21-8-5-9-22(15-21)30-16-19-6-3-2-4-7-19/h2-15,29H,16H2,1H3,(H,25,27)(H,26,28). The number of carbonyl (C=O) groups excluding carboxylic acids is 2. The minimum atomic E-state index is -0.589. The van der Waals surface area contributed by atoms with Crippen molar-refractivity contribution in [3.8, 4) is 5.75 Å². The maximum Gasteiger partial charge on any atom is 0.274 e. The first-order chi connectivity index (χ1) is 14.5. The Kier molecular flexibility index (Phi) is 6.97. The Bertz CT molecular complexity index is 1040. The Morgan fingerprint density at radius 3 is 2.40 bits per heavy atom. The van der Waals surface area contributed by atoms with Crippen LogP contribution in [0.4, 0.5) is 5.69 Å². The molecule has 2 amide bonds. The zero-order valence-electron chi connectivity index (χ0n) is 16.5. The summed E-state index contributed by atoms with van der Waals surface area (Å²) in [6, 6.07) is 23.6. The number of benzene rings is 3. The van der Waals surface area contributed by atoms with Gasteiger partial charge in [0, 0.05) is 22.9 Å². The van der Waals surface area contributed by atoms with Gasteiger partial charge in [-0.1, -0.05) is 48.5 Å². The zero-order valence-corrected chi connectivity index (χ0v) is 16.5. The highest BCUT2D eigenvalue weighted by Crippen LogP contribution is 2.19. The number of rotatable bonds is 7. The highest BCUT2D eigenvalue weighted by atomic mass is 16.5. The number of anilines is 1. The predicted octanol–water partition coefficient (Wildman–Crippen LogP) is 4.43. The molecule has 0 spiro atoms. The fourth-order valence-electron chi connectivity index (χ4n) is 2.75. The van der Waals surface area contributed by atoms with Gasteiger partial charge in [-0.2, -0.15) is 0 Å². The number of ether oxygens (including phenoxy) is 1. The van der Waals surface area contributed by atoms with E-state index in [0.717, 1.165) is 11.1 Å². The van der Waals surface area contributed by atoms with Crippen LogP contribution in [-0.2, 0) is 11.4 Å². The lowest BCUT2D eigenvalue weighted by Gasteiger charge is -2.10. The largest absolute Gasteiger partial charge is 0.489 e. The van der Waals surface area contributed by atoms with E-state index >= 15 is 0 Å². The maximum atomic E-state index is 12.5. The maximum absolute atomic E-state index is 12.5. The monoisotopic (exact) mass is 402 g/mol. The van der Waals surface area contributed by atoms with Crippen LogP contribution >= 0.6 is 0 Å². The molecule has 3 aromatic rings. The van der Waals surface area contributed by atoms with Crippen LogP contribution in [0.5, 0.6) is 5.75 Å². The molecule has 0 aromatic heterocycles. The summed E-state index contributed by atoms with van der Waals surface area (Å²) in [6.45, 7) is 2.15. The van der Waals surface area contributed by atoms with Crippen molar-refractivity contribution in [2.75, 3.05) is 5.32 Å². The highest BCUT2D eigenvalue weighted by Gasteiger charge is 2.07. The Balaban J connectivity index is 1.62. The van der Waals surface area contributed by atoms with Gasteiger partial charge in [0.05, 0.1) is 0 Å². The first kappa shape index (κ1) is 20.8. The van der Waals surface area contributed by atoms with Crippen LogP contribution in [0.3, 0.4) is 0 Å². The van der Waals surface area contributed by atoms with E-state index in [0.29, 0.717) is 29.2 Å². The molecule has 6 nitrogen and oxygen atoms in total. The van der Waals surface area contributed by atoms with Crippen molar-refractivity contribution in [2.24, 2.45) is 0 Å². The van der Waals surface area contributed by atoms with Gasteiger partial charge in [-0.15, -0.1) is 0 Å². The van der Waals surface area contributed by atoms with E-state index in [-0.39, 0.29) is 5.91 Å². The minimum Gasteiger partial charge on any atom is -0.489 e. The smallest absolute Gasteiger partial charge is 0.274 e. The summed E-state index contributed by atoms with van der Waals surface area (Å²) in [5.74, 6) is -0.169. The van der Waals surface area contributed by atoms with Crippen molar-refractivity contribution in [3.05, 3.63) is 101 Å². The van der Waals surface area contributed by atoms with Crippen molar-refractivity contribution in [2.45, 2.75) is 13.5 Å². The molecular weight excluding hydrogens is 380 g/mol.